The lowest BCUT2D eigenvalue weighted by Gasteiger charge is -2.11. The van der Waals surface area contributed by atoms with E-state index in [0.717, 1.165) is 6.07 Å². The number of hydrogen-bond acceptors (Lipinski definition) is 4. The number of carbonyl (C=O) groups excluding carboxylic acids is 2. The summed E-state index contributed by atoms with van der Waals surface area (Å²) in [6.45, 7) is 0. The summed E-state index contributed by atoms with van der Waals surface area (Å²) in [4.78, 5) is 27.9. The third kappa shape index (κ3) is 4.87. The van der Waals surface area contributed by atoms with Gasteiger partial charge in [-0.2, -0.15) is 13.2 Å². The molecule has 0 radical (unpaired) electrons. The Hall–Kier alpha value is -3.59. The number of aromatic hydroxyl groups is 1. The van der Waals surface area contributed by atoms with Crippen LogP contribution in [-0.2, 0) is 6.18 Å². The maximum Gasteiger partial charge on any atom is 0.417 e. The second kappa shape index (κ2) is 8.42. The Labute approximate surface area is 173 Å². The van der Waals surface area contributed by atoms with Gasteiger partial charge < -0.3 is 10.4 Å². The van der Waals surface area contributed by atoms with Crippen LogP contribution < -0.4 is 10.6 Å². The van der Waals surface area contributed by atoms with E-state index in [1.165, 1.54) is 36.4 Å². The number of halogens is 4. The van der Waals surface area contributed by atoms with Crippen LogP contribution in [0.15, 0.2) is 60.8 Å². The summed E-state index contributed by atoms with van der Waals surface area (Å²) in [7, 11) is 0. The van der Waals surface area contributed by atoms with Gasteiger partial charge >= 0.3 is 12.2 Å². The Morgan fingerprint density at radius 2 is 1.77 bits per heavy atom. The van der Waals surface area contributed by atoms with Crippen LogP contribution in [0.5, 0.6) is 5.75 Å². The van der Waals surface area contributed by atoms with Gasteiger partial charge in [0.1, 0.15) is 5.75 Å². The highest BCUT2D eigenvalue weighted by molar-refractivity contribution is 6.34. The number of hydrogen-bond donors (Lipinski definition) is 3. The van der Waals surface area contributed by atoms with Crippen LogP contribution in [0.1, 0.15) is 15.9 Å². The minimum absolute atomic E-state index is 0.0184. The number of benzene rings is 2. The van der Waals surface area contributed by atoms with E-state index in [1.54, 1.807) is 12.1 Å². The van der Waals surface area contributed by atoms with E-state index in [-0.39, 0.29) is 27.7 Å². The molecule has 0 aliphatic rings. The molecule has 0 atom stereocenters. The van der Waals surface area contributed by atoms with Gasteiger partial charge in [-0.05, 0) is 36.4 Å². The van der Waals surface area contributed by atoms with Gasteiger partial charge in [0.25, 0.3) is 5.91 Å². The van der Waals surface area contributed by atoms with E-state index in [9.17, 15) is 27.9 Å². The first-order valence-corrected chi connectivity index (χ1v) is 8.76. The lowest BCUT2D eigenvalue weighted by molar-refractivity contribution is -0.137. The van der Waals surface area contributed by atoms with Crippen molar-refractivity contribution in [2.45, 2.75) is 6.18 Å². The first kappa shape index (κ1) is 21.1. The molecule has 3 N–H and O–H groups in total. The fraction of sp³-hybridized carbons (Fsp3) is 0.0500. The molecule has 3 rings (SSSR count). The second-order valence-corrected chi connectivity index (χ2v) is 6.46. The number of carbonyl (C=O) groups is 2. The van der Waals surface area contributed by atoms with Crippen LogP contribution in [0.3, 0.4) is 0 Å². The van der Waals surface area contributed by atoms with Crippen LogP contribution >= 0.6 is 11.6 Å². The zero-order valence-electron chi connectivity index (χ0n) is 15.0. The summed E-state index contributed by atoms with van der Waals surface area (Å²) in [6, 6.07) is 11.3. The number of phenols is 1. The standard InChI is InChI=1S/C20H13ClF3N3O3/c21-14-4-2-1-3-13(14)18(29)27-19(30)26-16-7-5-11(9-17(16)28)15-8-6-12(10-25-15)20(22,23)24/h1-10,28H,(H2,26,27,29,30). The number of pyridine rings is 1. The molecule has 2 aromatic carbocycles. The fourth-order valence-electron chi connectivity index (χ4n) is 2.50. The van der Waals surface area contributed by atoms with Crippen molar-refractivity contribution in [2.24, 2.45) is 0 Å². The Bertz CT molecular complexity index is 1100. The number of anilines is 1. The Kier molecular flexibility index (Phi) is 5.93. The third-order valence-electron chi connectivity index (χ3n) is 3.98. The lowest BCUT2D eigenvalue weighted by Crippen LogP contribution is -2.34. The van der Waals surface area contributed by atoms with Gasteiger partial charge in [-0.1, -0.05) is 29.8 Å². The molecule has 0 saturated heterocycles. The van der Waals surface area contributed by atoms with Crippen molar-refractivity contribution in [3.05, 3.63) is 76.9 Å². The normalized spacial score (nSPS) is 11.1. The van der Waals surface area contributed by atoms with Gasteiger partial charge in [-0.15, -0.1) is 0 Å². The summed E-state index contributed by atoms with van der Waals surface area (Å²) >= 11 is 5.90. The topological polar surface area (TPSA) is 91.3 Å². The Morgan fingerprint density at radius 1 is 1.03 bits per heavy atom. The minimum atomic E-state index is -4.50. The van der Waals surface area contributed by atoms with Crippen molar-refractivity contribution in [2.75, 3.05) is 5.32 Å². The van der Waals surface area contributed by atoms with E-state index in [0.29, 0.717) is 11.8 Å². The number of nitrogens with one attached hydrogen (secondary N) is 2. The number of urea groups is 1. The summed E-state index contributed by atoms with van der Waals surface area (Å²) in [5, 5.41) is 14.7. The molecule has 154 valence electrons. The molecule has 0 unspecified atom stereocenters. The molecule has 30 heavy (non-hydrogen) atoms. The van der Waals surface area contributed by atoms with E-state index in [1.807, 2.05) is 0 Å². The highest BCUT2D eigenvalue weighted by Crippen LogP contribution is 2.32. The fourth-order valence-corrected chi connectivity index (χ4v) is 2.72. The van der Waals surface area contributed by atoms with E-state index in [4.69, 9.17) is 11.6 Å². The van der Waals surface area contributed by atoms with Crippen LogP contribution in [-0.4, -0.2) is 22.0 Å². The highest BCUT2D eigenvalue weighted by Gasteiger charge is 2.30. The first-order chi connectivity index (χ1) is 14.1. The van der Waals surface area contributed by atoms with Gasteiger partial charge in [0.2, 0.25) is 0 Å². The average Bonchev–Trinajstić information content (AvgIpc) is 2.69. The molecular weight excluding hydrogens is 423 g/mol. The number of aromatic nitrogens is 1. The summed E-state index contributed by atoms with van der Waals surface area (Å²) in [6.07, 6.45) is -3.82. The van der Waals surface area contributed by atoms with Crippen molar-refractivity contribution < 1.29 is 27.9 Å². The van der Waals surface area contributed by atoms with Crippen molar-refractivity contribution in [3.8, 4) is 17.0 Å². The third-order valence-corrected chi connectivity index (χ3v) is 4.31. The van der Waals surface area contributed by atoms with Gasteiger partial charge in [-0.25, -0.2) is 4.79 Å². The van der Waals surface area contributed by atoms with Gasteiger partial charge in [0.15, 0.2) is 0 Å². The highest BCUT2D eigenvalue weighted by atomic mass is 35.5. The molecular formula is C20H13ClF3N3O3. The van der Waals surface area contributed by atoms with Gasteiger partial charge in [0, 0.05) is 11.8 Å². The first-order valence-electron chi connectivity index (χ1n) is 8.38. The van der Waals surface area contributed by atoms with Gasteiger partial charge in [-0.3, -0.25) is 15.1 Å². The van der Waals surface area contributed by atoms with Crippen LogP contribution in [0.25, 0.3) is 11.3 Å². The number of rotatable bonds is 3. The number of nitrogens with zero attached hydrogens (tertiary/aromatic N) is 1. The molecule has 1 heterocycles. The van der Waals surface area contributed by atoms with Gasteiger partial charge in [0.05, 0.1) is 27.5 Å². The van der Waals surface area contributed by atoms with E-state index >= 15 is 0 Å². The minimum Gasteiger partial charge on any atom is -0.506 e. The van der Waals surface area contributed by atoms with E-state index < -0.39 is 23.7 Å². The molecule has 0 aliphatic carbocycles. The number of phenolic OH excluding ortho intramolecular Hbond substituents is 1. The molecule has 0 bridgehead atoms. The lowest BCUT2D eigenvalue weighted by atomic mass is 10.1. The molecule has 3 amide bonds. The van der Waals surface area contributed by atoms with Crippen LogP contribution in [0.2, 0.25) is 5.02 Å². The van der Waals surface area contributed by atoms with E-state index in [2.05, 4.69) is 15.6 Å². The van der Waals surface area contributed by atoms with Crippen LogP contribution in [0.4, 0.5) is 23.7 Å². The molecule has 0 aliphatic heterocycles. The average molecular weight is 436 g/mol. The largest absolute Gasteiger partial charge is 0.506 e. The monoisotopic (exact) mass is 435 g/mol. The maximum atomic E-state index is 12.6. The molecule has 6 nitrogen and oxygen atoms in total. The zero-order chi connectivity index (χ0) is 21.9. The predicted octanol–water partition coefficient (Wildman–Crippen LogP) is 5.09. The molecule has 0 spiro atoms. The Balaban J connectivity index is 1.70. The number of imide groups is 1. The summed E-state index contributed by atoms with van der Waals surface area (Å²) < 4.78 is 37.9. The SMILES string of the molecule is O=C(NC(=O)c1ccccc1Cl)Nc1ccc(-c2ccc(C(F)(F)F)cn2)cc1O. The number of alkyl halides is 3. The molecule has 10 heteroatoms. The maximum absolute atomic E-state index is 12.6. The van der Waals surface area contributed by atoms with Crippen molar-refractivity contribution in [1.82, 2.24) is 10.3 Å². The quantitative estimate of drug-likeness (QED) is 0.500. The molecule has 3 aromatic rings. The molecule has 0 fully saturated rings. The van der Waals surface area contributed by atoms with Crippen molar-refractivity contribution in [1.29, 1.82) is 0 Å². The Morgan fingerprint density at radius 3 is 2.37 bits per heavy atom. The zero-order valence-corrected chi connectivity index (χ0v) is 15.8. The summed E-state index contributed by atoms with van der Waals surface area (Å²) in [5.41, 5.74) is -0.284. The van der Waals surface area contributed by atoms with Crippen LogP contribution in [0, 0.1) is 0 Å². The number of amides is 3. The van der Waals surface area contributed by atoms with Crippen molar-refractivity contribution in [3.63, 3.8) is 0 Å². The molecule has 0 saturated carbocycles. The smallest absolute Gasteiger partial charge is 0.417 e. The molecule has 1 aromatic heterocycles. The predicted molar refractivity (Wildman–Crippen MR) is 104 cm³/mol. The van der Waals surface area contributed by atoms with Crippen molar-refractivity contribution >= 4 is 29.2 Å². The second-order valence-electron chi connectivity index (χ2n) is 6.05. The summed E-state index contributed by atoms with van der Waals surface area (Å²) in [5.74, 6) is -1.10.